The summed E-state index contributed by atoms with van der Waals surface area (Å²) in [6.07, 6.45) is 0. The highest BCUT2D eigenvalue weighted by Gasteiger charge is 2.23. The van der Waals surface area contributed by atoms with Crippen molar-refractivity contribution in [3.8, 4) is 0 Å². The van der Waals surface area contributed by atoms with Crippen molar-refractivity contribution in [2.75, 3.05) is 12.4 Å². The Balaban J connectivity index is 2.55. The molecular weight excluding hydrogens is 309 g/mol. The molecule has 122 valence electrons. The fourth-order valence-corrected chi connectivity index (χ4v) is 2.13. The Hall–Kier alpha value is -2.54. The third-order valence-electron chi connectivity index (χ3n) is 3.24. The summed E-state index contributed by atoms with van der Waals surface area (Å²) in [6, 6.07) is 5.86. The molecule has 0 saturated heterocycles. The van der Waals surface area contributed by atoms with Crippen molar-refractivity contribution in [1.29, 1.82) is 0 Å². The maximum Gasteiger partial charge on any atom is 0.277 e. The number of carbonyl (C=O) groups is 1. The molecular formula is C16H15F3N2O2. The summed E-state index contributed by atoms with van der Waals surface area (Å²) in [4.78, 5) is 16.3. The van der Waals surface area contributed by atoms with Crippen LogP contribution in [0.15, 0.2) is 24.3 Å². The Morgan fingerprint density at radius 2 is 1.78 bits per heavy atom. The first-order chi connectivity index (χ1) is 10.8. The van der Waals surface area contributed by atoms with E-state index < -0.39 is 34.6 Å². The minimum Gasteiger partial charge on any atom is -0.352 e. The van der Waals surface area contributed by atoms with Gasteiger partial charge in [-0.2, -0.15) is 0 Å². The largest absolute Gasteiger partial charge is 0.352 e. The van der Waals surface area contributed by atoms with Crippen LogP contribution in [0.3, 0.4) is 0 Å². The van der Waals surface area contributed by atoms with E-state index in [1.807, 2.05) is 18.5 Å². The molecule has 0 aliphatic rings. The number of carbonyl (C=O) groups excluding carboxylic acids is 1. The number of benzene rings is 2. The fraction of sp³-hybridized carbons (Fsp3) is 0.188. The molecule has 0 bridgehead atoms. The summed E-state index contributed by atoms with van der Waals surface area (Å²) in [6.45, 7) is 3.65. The van der Waals surface area contributed by atoms with E-state index in [4.69, 9.17) is 0 Å². The molecule has 4 nitrogen and oxygen atoms in total. The lowest BCUT2D eigenvalue weighted by molar-refractivity contribution is 0.0537. The van der Waals surface area contributed by atoms with Gasteiger partial charge in [-0.3, -0.25) is 9.63 Å². The number of rotatable bonds is 4. The third kappa shape index (κ3) is 3.45. The predicted octanol–water partition coefficient (Wildman–Crippen LogP) is 3.76. The van der Waals surface area contributed by atoms with Crippen LogP contribution in [0.25, 0.3) is 0 Å². The van der Waals surface area contributed by atoms with Gasteiger partial charge in [-0.15, -0.1) is 0 Å². The number of hydrogen-bond donors (Lipinski definition) is 2. The van der Waals surface area contributed by atoms with E-state index in [0.717, 1.165) is 11.1 Å². The molecule has 7 heteroatoms. The van der Waals surface area contributed by atoms with Gasteiger partial charge in [-0.05, 0) is 31.5 Å². The van der Waals surface area contributed by atoms with E-state index in [9.17, 15) is 18.0 Å². The second-order valence-corrected chi connectivity index (χ2v) is 4.99. The summed E-state index contributed by atoms with van der Waals surface area (Å²) in [5.74, 6) is -5.51. The Bertz CT molecular complexity index is 763. The van der Waals surface area contributed by atoms with Crippen molar-refractivity contribution in [2.24, 2.45) is 0 Å². The van der Waals surface area contributed by atoms with Crippen molar-refractivity contribution in [1.82, 2.24) is 5.48 Å². The second kappa shape index (κ2) is 6.70. The number of halogens is 3. The first-order valence-corrected chi connectivity index (χ1v) is 6.70. The average molecular weight is 324 g/mol. The van der Waals surface area contributed by atoms with Crippen molar-refractivity contribution in [3.05, 3.63) is 58.4 Å². The molecule has 0 aromatic heterocycles. The molecule has 0 aliphatic carbocycles. The Kier molecular flexibility index (Phi) is 4.90. The summed E-state index contributed by atoms with van der Waals surface area (Å²) in [5, 5.41) is 2.65. The maximum absolute atomic E-state index is 14.1. The van der Waals surface area contributed by atoms with Crippen LogP contribution in [0.4, 0.5) is 24.5 Å². The number of hydrogen-bond acceptors (Lipinski definition) is 3. The highest BCUT2D eigenvalue weighted by atomic mass is 19.2. The fourth-order valence-electron chi connectivity index (χ4n) is 2.13. The van der Waals surface area contributed by atoms with E-state index >= 15 is 0 Å². The van der Waals surface area contributed by atoms with Crippen LogP contribution in [0, 0.1) is 31.3 Å². The lowest BCUT2D eigenvalue weighted by Gasteiger charge is -2.15. The average Bonchev–Trinajstić information content (AvgIpc) is 2.50. The summed E-state index contributed by atoms with van der Waals surface area (Å²) >= 11 is 0. The van der Waals surface area contributed by atoms with Gasteiger partial charge in [0.25, 0.3) is 5.91 Å². The molecule has 0 saturated carbocycles. The van der Waals surface area contributed by atoms with E-state index in [1.54, 1.807) is 19.1 Å². The summed E-state index contributed by atoms with van der Waals surface area (Å²) in [7, 11) is 1.17. The lowest BCUT2D eigenvalue weighted by Crippen LogP contribution is -2.24. The first-order valence-electron chi connectivity index (χ1n) is 6.70. The predicted molar refractivity (Wildman–Crippen MR) is 80.0 cm³/mol. The molecule has 2 aromatic carbocycles. The number of nitrogens with one attached hydrogen (secondary N) is 2. The van der Waals surface area contributed by atoms with Gasteiger partial charge in [0.05, 0.1) is 18.4 Å². The number of anilines is 2. The molecule has 2 rings (SSSR count). The smallest absolute Gasteiger partial charge is 0.277 e. The van der Waals surface area contributed by atoms with E-state index in [1.165, 1.54) is 7.11 Å². The minimum atomic E-state index is -1.66. The number of hydroxylamine groups is 1. The zero-order chi connectivity index (χ0) is 17.1. The SMILES string of the molecule is CONC(=O)c1cc(F)c(F)c(F)c1Nc1ccc(C)cc1C. The highest BCUT2D eigenvalue weighted by molar-refractivity contribution is 6.00. The zero-order valence-corrected chi connectivity index (χ0v) is 12.8. The van der Waals surface area contributed by atoms with Crippen molar-refractivity contribution in [2.45, 2.75) is 13.8 Å². The van der Waals surface area contributed by atoms with Gasteiger partial charge in [0.2, 0.25) is 0 Å². The molecule has 2 N–H and O–H groups in total. The summed E-state index contributed by atoms with van der Waals surface area (Å²) < 4.78 is 41.1. The zero-order valence-electron chi connectivity index (χ0n) is 12.8. The molecule has 2 aromatic rings. The standard InChI is InChI=1S/C16H15F3N2O2/c1-8-4-5-12(9(2)6-8)20-15-10(16(22)21-23-3)7-11(17)13(18)14(15)19/h4-7,20H,1-3H3,(H,21,22). The first kappa shape index (κ1) is 16.8. The molecule has 0 fully saturated rings. The van der Waals surface area contributed by atoms with Crippen LogP contribution < -0.4 is 10.8 Å². The number of aryl methyl sites for hydroxylation is 2. The van der Waals surface area contributed by atoms with E-state index in [-0.39, 0.29) is 0 Å². The minimum absolute atomic E-state index is 0.414. The molecule has 0 radical (unpaired) electrons. The van der Waals surface area contributed by atoms with Crippen LogP contribution in [-0.4, -0.2) is 13.0 Å². The van der Waals surface area contributed by atoms with E-state index in [0.29, 0.717) is 11.8 Å². The number of amides is 1. The van der Waals surface area contributed by atoms with Crippen molar-refractivity contribution in [3.63, 3.8) is 0 Å². The van der Waals surface area contributed by atoms with Gasteiger partial charge in [0.15, 0.2) is 17.5 Å². The van der Waals surface area contributed by atoms with Crippen LogP contribution in [0.1, 0.15) is 21.5 Å². The van der Waals surface area contributed by atoms with E-state index in [2.05, 4.69) is 10.2 Å². The molecule has 1 amide bonds. The van der Waals surface area contributed by atoms with Gasteiger partial charge in [0.1, 0.15) is 0 Å². The molecule has 23 heavy (non-hydrogen) atoms. The molecule has 0 heterocycles. The monoisotopic (exact) mass is 324 g/mol. The summed E-state index contributed by atoms with van der Waals surface area (Å²) in [5.41, 5.74) is 3.27. The Morgan fingerprint density at radius 1 is 1.09 bits per heavy atom. The van der Waals surface area contributed by atoms with Gasteiger partial charge < -0.3 is 5.32 Å². The van der Waals surface area contributed by atoms with Crippen LogP contribution in [0.5, 0.6) is 0 Å². The second-order valence-electron chi connectivity index (χ2n) is 4.99. The highest BCUT2D eigenvalue weighted by Crippen LogP contribution is 2.30. The molecule has 0 unspecified atom stereocenters. The Labute approximate surface area is 131 Å². The van der Waals surface area contributed by atoms with Crippen LogP contribution >= 0.6 is 0 Å². The lowest BCUT2D eigenvalue weighted by atomic mass is 10.1. The van der Waals surface area contributed by atoms with Crippen LogP contribution in [-0.2, 0) is 4.84 Å². The molecule has 0 aliphatic heterocycles. The molecule has 0 spiro atoms. The van der Waals surface area contributed by atoms with Crippen LogP contribution in [0.2, 0.25) is 0 Å². The van der Waals surface area contributed by atoms with Gasteiger partial charge in [-0.1, -0.05) is 17.7 Å². The maximum atomic E-state index is 14.1. The van der Waals surface area contributed by atoms with Gasteiger partial charge >= 0.3 is 0 Å². The third-order valence-corrected chi connectivity index (χ3v) is 3.24. The van der Waals surface area contributed by atoms with Crippen molar-refractivity contribution >= 4 is 17.3 Å². The Morgan fingerprint density at radius 3 is 2.39 bits per heavy atom. The van der Waals surface area contributed by atoms with Gasteiger partial charge in [0, 0.05) is 5.69 Å². The quantitative estimate of drug-likeness (QED) is 0.665. The van der Waals surface area contributed by atoms with Crippen molar-refractivity contribution < 1.29 is 22.8 Å². The normalized spacial score (nSPS) is 10.5. The molecule has 0 atom stereocenters. The van der Waals surface area contributed by atoms with Gasteiger partial charge in [-0.25, -0.2) is 18.7 Å². The topological polar surface area (TPSA) is 50.4 Å².